The van der Waals surface area contributed by atoms with Gasteiger partial charge >= 0.3 is 0 Å². The molecular weight excluding hydrogens is 338 g/mol. The van der Waals surface area contributed by atoms with E-state index in [2.05, 4.69) is 28.2 Å². The highest BCUT2D eigenvalue weighted by molar-refractivity contribution is 9.10. The van der Waals surface area contributed by atoms with E-state index in [9.17, 15) is 0 Å². The van der Waals surface area contributed by atoms with Crippen molar-refractivity contribution in [2.24, 2.45) is 0 Å². The van der Waals surface area contributed by atoms with E-state index in [1.807, 2.05) is 49.4 Å². The molecule has 0 aliphatic carbocycles. The summed E-state index contributed by atoms with van der Waals surface area (Å²) in [5.41, 5.74) is 2.08. The number of anilines is 1. The molecule has 20 heavy (non-hydrogen) atoms. The van der Waals surface area contributed by atoms with Gasteiger partial charge in [0.05, 0.1) is 6.61 Å². The SMILES string of the molecule is CCOc1cccc(NC(C)c2ccc(Br)cc2Cl)c1. The van der Waals surface area contributed by atoms with Crippen LogP contribution in [0.2, 0.25) is 5.02 Å². The summed E-state index contributed by atoms with van der Waals surface area (Å²) in [5.74, 6) is 0.867. The molecule has 1 atom stereocenters. The Hall–Kier alpha value is -1.19. The molecule has 0 heterocycles. The first-order valence-corrected chi connectivity index (χ1v) is 7.71. The summed E-state index contributed by atoms with van der Waals surface area (Å²) in [6.45, 7) is 4.73. The molecule has 2 aromatic rings. The van der Waals surface area contributed by atoms with E-state index in [0.717, 1.165) is 26.5 Å². The Balaban J connectivity index is 2.14. The zero-order valence-corrected chi connectivity index (χ0v) is 13.8. The van der Waals surface area contributed by atoms with E-state index in [1.165, 1.54) is 0 Å². The Labute approximate surface area is 133 Å². The van der Waals surface area contributed by atoms with E-state index >= 15 is 0 Å². The van der Waals surface area contributed by atoms with Gasteiger partial charge in [0, 0.05) is 27.3 Å². The second kappa shape index (κ2) is 7.00. The number of nitrogens with one attached hydrogen (secondary N) is 1. The van der Waals surface area contributed by atoms with Crippen molar-refractivity contribution in [3.8, 4) is 5.75 Å². The van der Waals surface area contributed by atoms with E-state index < -0.39 is 0 Å². The highest BCUT2D eigenvalue weighted by atomic mass is 79.9. The molecule has 1 N–H and O–H groups in total. The van der Waals surface area contributed by atoms with Crippen LogP contribution in [0.25, 0.3) is 0 Å². The highest BCUT2D eigenvalue weighted by Gasteiger charge is 2.10. The van der Waals surface area contributed by atoms with Crippen LogP contribution in [-0.4, -0.2) is 6.61 Å². The molecule has 2 nitrogen and oxygen atoms in total. The second-order valence-electron chi connectivity index (χ2n) is 4.49. The minimum atomic E-state index is 0.118. The minimum absolute atomic E-state index is 0.118. The molecule has 0 fully saturated rings. The third-order valence-electron chi connectivity index (χ3n) is 2.96. The fraction of sp³-hybridized carbons (Fsp3) is 0.250. The quantitative estimate of drug-likeness (QED) is 0.746. The fourth-order valence-electron chi connectivity index (χ4n) is 2.02. The summed E-state index contributed by atoms with van der Waals surface area (Å²) in [6, 6.07) is 14.0. The van der Waals surface area contributed by atoms with Crippen molar-refractivity contribution in [2.75, 3.05) is 11.9 Å². The van der Waals surface area contributed by atoms with Gasteiger partial charge < -0.3 is 10.1 Å². The Bertz CT molecular complexity index is 588. The van der Waals surface area contributed by atoms with Crippen molar-refractivity contribution in [1.82, 2.24) is 0 Å². The molecule has 0 amide bonds. The first-order valence-electron chi connectivity index (χ1n) is 6.54. The van der Waals surface area contributed by atoms with Crippen molar-refractivity contribution in [1.29, 1.82) is 0 Å². The van der Waals surface area contributed by atoms with Crippen LogP contribution < -0.4 is 10.1 Å². The Morgan fingerprint density at radius 1 is 1.25 bits per heavy atom. The first-order chi connectivity index (χ1) is 9.60. The smallest absolute Gasteiger partial charge is 0.121 e. The topological polar surface area (TPSA) is 21.3 Å². The number of halogens is 2. The molecule has 106 valence electrons. The number of rotatable bonds is 5. The monoisotopic (exact) mass is 353 g/mol. The molecule has 0 radical (unpaired) electrons. The lowest BCUT2D eigenvalue weighted by Gasteiger charge is -2.18. The van der Waals surface area contributed by atoms with Crippen LogP contribution in [0.4, 0.5) is 5.69 Å². The third kappa shape index (κ3) is 3.90. The van der Waals surface area contributed by atoms with Crippen LogP contribution in [0.5, 0.6) is 5.75 Å². The summed E-state index contributed by atoms with van der Waals surface area (Å²) < 4.78 is 6.48. The zero-order valence-electron chi connectivity index (χ0n) is 11.5. The van der Waals surface area contributed by atoms with Crippen LogP contribution in [0, 0.1) is 0 Å². The van der Waals surface area contributed by atoms with Gasteiger partial charge in [-0.05, 0) is 43.7 Å². The van der Waals surface area contributed by atoms with Gasteiger partial charge in [0.15, 0.2) is 0 Å². The fourth-order valence-corrected chi connectivity index (χ4v) is 2.86. The minimum Gasteiger partial charge on any atom is -0.494 e. The van der Waals surface area contributed by atoms with Gasteiger partial charge in [-0.1, -0.05) is 39.7 Å². The van der Waals surface area contributed by atoms with E-state index in [0.29, 0.717) is 6.61 Å². The van der Waals surface area contributed by atoms with Crippen molar-refractivity contribution < 1.29 is 4.74 Å². The molecule has 1 unspecified atom stereocenters. The van der Waals surface area contributed by atoms with Gasteiger partial charge in [-0.15, -0.1) is 0 Å². The van der Waals surface area contributed by atoms with Gasteiger partial charge in [0.1, 0.15) is 5.75 Å². The summed E-state index contributed by atoms with van der Waals surface area (Å²) in [5, 5.41) is 4.19. The molecule has 0 aliphatic rings. The molecular formula is C16H17BrClNO. The van der Waals surface area contributed by atoms with Gasteiger partial charge in [-0.3, -0.25) is 0 Å². The summed E-state index contributed by atoms with van der Waals surface area (Å²) >= 11 is 9.69. The Kier molecular flexibility index (Phi) is 5.32. The Morgan fingerprint density at radius 2 is 2.05 bits per heavy atom. The Morgan fingerprint density at radius 3 is 2.75 bits per heavy atom. The summed E-state index contributed by atoms with van der Waals surface area (Å²) in [4.78, 5) is 0. The van der Waals surface area contributed by atoms with Crippen molar-refractivity contribution >= 4 is 33.2 Å². The van der Waals surface area contributed by atoms with Gasteiger partial charge in [0.25, 0.3) is 0 Å². The molecule has 0 aromatic heterocycles. The van der Waals surface area contributed by atoms with E-state index in [1.54, 1.807) is 0 Å². The van der Waals surface area contributed by atoms with E-state index in [-0.39, 0.29) is 6.04 Å². The average Bonchev–Trinajstić information content (AvgIpc) is 2.39. The van der Waals surface area contributed by atoms with Crippen LogP contribution in [0.3, 0.4) is 0 Å². The second-order valence-corrected chi connectivity index (χ2v) is 5.82. The summed E-state index contributed by atoms with van der Waals surface area (Å²) in [7, 11) is 0. The molecule has 2 aromatic carbocycles. The molecule has 4 heteroatoms. The summed E-state index contributed by atoms with van der Waals surface area (Å²) in [6.07, 6.45) is 0. The lowest BCUT2D eigenvalue weighted by atomic mass is 10.1. The number of ether oxygens (including phenoxy) is 1. The van der Waals surface area contributed by atoms with Crippen LogP contribution in [0.1, 0.15) is 25.5 Å². The molecule has 0 bridgehead atoms. The standard InChI is InChI=1S/C16H17BrClNO/c1-3-20-14-6-4-5-13(10-14)19-11(2)15-8-7-12(17)9-16(15)18/h4-11,19H,3H2,1-2H3. The lowest BCUT2D eigenvalue weighted by Crippen LogP contribution is -2.07. The molecule has 0 saturated carbocycles. The predicted molar refractivity (Wildman–Crippen MR) is 88.8 cm³/mol. The van der Waals surface area contributed by atoms with Crippen molar-refractivity contribution in [2.45, 2.75) is 19.9 Å². The normalized spacial score (nSPS) is 12.0. The molecule has 0 aliphatic heterocycles. The van der Waals surface area contributed by atoms with Crippen molar-refractivity contribution in [3.05, 3.63) is 57.5 Å². The van der Waals surface area contributed by atoms with Crippen LogP contribution in [-0.2, 0) is 0 Å². The number of benzene rings is 2. The van der Waals surface area contributed by atoms with E-state index in [4.69, 9.17) is 16.3 Å². The number of hydrogen-bond donors (Lipinski definition) is 1. The lowest BCUT2D eigenvalue weighted by molar-refractivity contribution is 0.340. The molecule has 2 rings (SSSR count). The predicted octanol–water partition coefficient (Wildman–Crippen LogP) is 5.67. The number of hydrogen-bond acceptors (Lipinski definition) is 2. The van der Waals surface area contributed by atoms with Gasteiger partial charge in [-0.2, -0.15) is 0 Å². The maximum Gasteiger partial charge on any atom is 0.121 e. The third-order valence-corrected chi connectivity index (χ3v) is 3.78. The first kappa shape index (κ1) is 15.2. The van der Waals surface area contributed by atoms with Crippen LogP contribution in [0.15, 0.2) is 46.9 Å². The van der Waals surface area contributed by atoms with Gasteiger partial charge in [0.2, 0.25) is 0 Å². The average molecular weight is 355 g/mol. The highest BCUT2D eigenvalue weighted by Crippen LogP contribution is 2.29. The molecule has 0 saturated heterocycles. The van der Waals surface area contributed by atoms with Crippen LogP contribution >= 0.6 is 27.5 Å². The maximum atomic E-state index is 6.28. The zero-order chi connectivity index (χ0) is 14.5. The van der Waals surface area contributed by atoms with Gasteiger partial charge in [-0.25, -0.2) is 0 Å². The van der Waals surface area contributed by atoms with Crippen molar-refractivity contribution in [3.63, 3.8) is 0 Å². The molecule has 0 spiro atoms. The largest absolute Gasteiger partial charge is 0.494 e. The maximum absolute atomic E-state index is 6.28.